The Labute approximate surface area is 136 Å². The number of hydrogen-bond acceptors (Lipinski definition) is 5. The Morgan fingerprint density at radius 2 is 1.86 bits per heavy atom. The molecule has 0 aromatic heterocycles. The second-order valence-electron chi connectivity index (χ2n) is 5.33. The number of thioether (sulfide) groups is 1. The Morgan fingerprint density at radius 3 is 2.29 bits per heavy atom. The number of ether oxygens (including phenoxy) is 1. The third-order valence-electron chi connectivity index (χ3n) is 2.64. The summed E-state index contributed by atoms with van der Waals surface area (Å²) in [5.41, 5.74) is 0.483. The van der Waals surface area contributed by atoms with Crippen molar-refractivity contribution in [3.63, 3.8) is 0 Å². The minimum atomic E-state index is -0.276. The fraction of sp³-hybridized carbons (Fsp3) is 0.429. The molecule has 21 heavy (non-hydrogen) atoms. The van der Waals surface area contributed by atoms with Gasteiger partial charge in [0.15, 0.2) is 5.04 Å². The quantitative estimate of drug-likeness (QED) is 0.183. The second kappa shape index (κ2) is 8.92. The highest BCUT2D eigenvalue weighted by Gasteiger charge is 2.17. The molecule has 0 aliphatic heterocycles. The second-order valence-corrected chi connectivity index (χ2v) is 6.41. The van der Waals surface area contributed by atoms with Crippen LogP contribution in [0.1, 0.15) is 10.4 Å². The molecule has 0 unspecified atom stereocenters. The first-order chi connectivity index (χ1) is 9.37. The molecule has 0 saturated carbocycles. The lowest BCUT2D eigenvalue weighted by Gasteiger charge is -2.23. The normalized spacial score (nSPS) is 11.7. The number of methoxy groups -OCH3 is 1. The van der Waals surface area contributed by atoms with Crippen LogP contribution >= 0.6 is 11.8 Å². The zero-order valence-corrected chi connectivity index (χ0v) is 14.2. The van der Waals surface area contributed by atoms with Crippen molar-refractivity contribution in [2.45, 2.75) is 0 Å². The Morgan fingerprint density at radius 1 is 1.29 bits per heavy atom. The summed E-state index contributed by atoms with van der Waals surface area (Å²) in [6, 6.07) is 6.73. The average molecular weight is 333 g/mol. The van der Waals surface area contributed by atoms with Gasteiger partial charge in [-0.2, -0.15) is 0 Å². The topological polar surface area (TPSA) is 58.9 Å². The molecule has 0 aliphatic rings. The van der Waals surface area contributed by atoms with Crippen LogP contribution < -0.4 is 17.1 Å². The fourth-order valence-corrected chi connectivity index (χ4v) is 2.56. The van der Waals surface area contributed by atoms with Crippen molar-refractivity contribution < 1.29 is 31.6 Å². The number of hydrogen-bond donors (Lipinski definition) is 1. The molecule has 1 rings (SSSR count). The lowest BCUT2D eigenvalue weighted by Crippen LogP contribution is -3.00. The van der Waals surface area contributed by atoms with Crippen LogP contribution in [0.4, 0.5) is 0 Å². The number of quaternary nitrogens is 1. The summed E-state index contributed by atoms with van der Waals surface area (Å²) in [7, 11) is 7.78. The molecular weight excluding hydrogens is 312 g/mol. The molecule has 0 radical (unpaired) electrons. The summed E-state index contributed by atoms with van der Waals surface area (Å²) in [5.74, 6) is 1.12. The maximum absolute atomic E-state index is 12.2. The van der Waals surface area contributed by atoms with Crippen LogP contribution in [0.5, 0.6) is 5.75 Å². The molecular formula is C14H21ClN2O3S. The zero-order valence-electron chi connectivity index (χ0n) is 12.7. The third-order valence-corrected chi connectivity index (χ3v) is 3.57. The minimum Gasteiger partial charge on any atom is -1.00 e. The highest BCUT2D eigenvalue weighted by molar-refractivity contribution is 8.15. The molecule has 1 aromatic carbocycles. The molecule has 118 valence electrons. The van der Waals surface area contributed by atoms with Crippen LogP contribution in [0.2, 0.25) is 0 Å². The van der Waals surface area contributed by atoms with Gasteiger partial charge < -0.3 is 26.8 Å². The molecule has 0 amide bonds. The first-order valence-corrected chi connectivity index (χ1v) is 7.20. The number of halogens is 1. The monoisotopic (exact) mass is 332 g/mol. The first kappa shape index (κ1) is 19.8. The first-order valence-electron chi connectivity index (χ1n) is 6.21. The van der Waals surface area contributed by atoms with Crippen LogP contribution in [0.3, 0.4) is 0 Å². The number of carbonyl (C=O) groups is 1. The van der Waals surface area contributed by atoms with Crippen molar-refractivity contribution >= 4 is 22.6 Å². The van der Waals surface area contributed by atoms with E-state index in [1.807, 2.05) is 0 Å². The van der Waals surface area contributed by atoms with Crippen molar-refractivity contribution in [2.75, 3.05) is 40.6 Å². The number of ketones is 1. The molecule has 0 aliphatic carbocycles. The Bertz CT molecular complexity index is 484. The molecule has 1 N–H and O–H groups in total. The molecule has 0 bridgehead atoms. The molecule has 7 heteroatoms. The summed E-state index contributed by atoms with van der Waals surface area (Å²) in [6.07, 6.45) is 0. The van der Waals surface area contributed by atoms with Gasteiger partial charge in [0.1, 0.15) is 5.75 Å². The lowest BCUT2D eigenvalue weighted by molar-refractivity contribution is -0.867. The predicted molar refractivity (Wildman–Crippen MR) is 81.9 cm³/mol. The summed E-state index contributed by atoms with van der Waals surface area (Å²) in [5, 5.41) is 12.2. The predicted octanol–water partition coefficient (Wildman–Crippen LogP) is -0.891. The van der Waals surface area contributed by atoms with E-state index in [0.717, 1.165) is 11.0 Å². The van der Waals surface area contributed by atoms with Gasteiger partial charge in [0.05, 0.1) is 34.8 Å². The molecule has 0 saturated heterocycles. The van der Waals surface area contributed by atoms with E-state index in [1.54, 1.807) is 31.4 Å². The molecule has 0 spiro atoms. The Kier molecular flexibility index (Phi) is 8.39. The zero-order chi connectivity index (χ0) is 15.2. The van der Waals surface area contributed by atoms with Crippen molar-refractivity contribution in [3.8, 4) is 5.75 Å². The maximum atomic E-state index is 12.2. The van der Waals surface area contributed by atoms with Gasteiger partial charge in [-0.1, -0.05) is 16.9 Å². The van der Waals surface area contributed by atoms with Crippen LogP contribution in [0.25, 0.3) is 0 Å². The standard InChI is InChI=1S/C14H20N2O3S.ClH/c1-16(2,3)9-10-20-14(15-18)13(17)11-5-7-12(19-4)8-6-11;/h5-8H,9-10H2,1-4H3;1H. The van der Waals surface area contributed by atoms with Gasteiger partial charge in [0.2, 0.25) is 5.78 Å². The largest absolute Gasteiger partial charge is 1.00 e. The maximum Gasteiger partial charge on any atom is 0.221 e. The average Bonchev–Trinajstić information content (AvgIpc) is 2.42. The summed E-state index contributed by atoms with van der Waals surface area (Å²) in [6.45, 7) is 0.875. The van der Waals surface area contributed by atoms with Crippen molar-refractivity contribution in [3.05, 3.63) is 29.8 Å². The van der Waals surface area contributed by atoms with E-state index in [2.05, 4.69) is 26.3 Å². The highest BCUT2D eigenvalue weighted by atomic mass is 35.5. The number of benzene rings is 1. The van der Waals surface area contributed by atoms with E-state index < -0.39 is 0 Å². The fourth-order valence-electron chi connectivity index (χ4n) is 1.42. The smallest absolute Gasteiger partial charge is 0.221 e. The summed E-state index contributed by atoms with van der Waals surface area (Å²) >= 11 is 1.26. The Hall–Kier alpha value is -1.24. The SMILES string of the molecule is COc1ccc(C(=O)/C(=N/O)SCC[N+](C)(C)C)cc1.[Cl-]. The number of carbonyl (C=O) groups excluding carboxylic acids is 1. The highest BCUT2D eigenvalue weighted by Crippen LogP contribution is 2.16. The van der Waals surface area contributed by atoms with Gasteiger partial charge in [-0.05, 0) is 24.3 Å². The van der Waals surface area contributed by atoms with Crippen LogP contribution in [-0.2, 0) is 0 Å². The van der Waals surface area contributed by atoms with Gasteiger partial charge in [-0.15, -0.1) is 0 Å². The van der Waals surface area contributed by atoms with Crippen molar-refractivity contribution in [1.82, 2.24) is 0 Å². The number of oxime groups is 1. The van der Waals surface area contributed by atoms with E-state index in [-0.39, 0.29) is 23.2 Å². The van der Waals surface area contributed by atoms with Crippen molar-refractivity contribution in [2.24, 2.45) is 5.16 Å². The molecule has 5 nitrogen and oxygen atoms in total. The van der Waals surface area contributed by atoms with E-state index in [1.165, 1.54) is 11.8 Å². The third kappa shape index (κ3) is 6.84. The molecule has 1 aromatic rings. The van der Waals surface area contributed by atoms with E-state index in [0.29, 0.717) is 17.1 Å². The van der Waals surface area contributed by atoms with Crippen LogP contribution in [-0.4, -0.2) is 61.1 Å². The molecule has 0 fully saturated rings. The summed E-state index contributed by atoms with van der Waals surface area (Å²) < 4.78 is 5.83. The number of rotatable bonds is 6. The van der Waals surface area contributed by atoms with Gasteiger partial charge in [0.25, 0.3) is 0 Å². The lowest BCUT2D eigenvalue weighted by atomic mass is 10.1. The van der Waals surface area contributed by atoms with Crippen LogP contribution in [0, 0.1) is 0 Å². The van der Waals surface area contributed by atoms with E-state index in [4.69, 9.17) is 9.94 Å². The van der Waals surface area contributed by atoms with Gasteiger partial charge in [-0.3, -0.25) is 4.79 Å². The minimum absolute atomic E-state index is 0. The van der Waals surface area contributed by atoms with Gasteiger partial charge in [0, 0.05) is 11.3 Å². The molecule has 0 heterocycles. The van der Waals surface area contributed by atoms with Gasteiger partial charge in [-0.25, -0.2) is 0 Å². The molecule has 0 atom stereocenters. The van der Waals surface area contributed by atoms with E-state index in [9.17, 15) is 4.79 Å². The van der Waals surface area contributed by atoms with Crippen molar-refractivity contribution in [1.29, 1.82) is 0 Å². The van der Waals surface area contributed by atoms with E-state index >= 15 is 0 Å². The number of Topliss-reactive ketones (excluding diaryl/α,β-unsaturated/α-hetero) is 1. The Balaban J connectivity index is 0.00000400. The number of nitrogens with zero attached hydrogens (tertiary/aromatic N) is 2. The van der Waals surface area contributed by atoms with Crippen LogP contribution in [0.15, 0.2) is 29.4 Å². The van der Waals surface area contributed by atoms with Gasteiger partial charge >= 0.3 is 0 Å². The summed E-state index contributed by atoms with van der Waals surface area (Å²) in [4.78, 5) is 12.2.